The van der Waals surface area contributed by atoms with Gasteiger partial charge in [0.05, 0.1) is 6.61 Å². The van der Waals surface area contributed by atoms with E-state index in [1.165, 1.54) is 4.57 Å². The fourth-order valence-electron chi connectivity index (χ4n) is 1.69. The van der Waals surface area contributed by atoms with Crippen molar-refractivity contribution >= 4 is 5.91 Å². The van der Waals surface area contributed by atoms with Crippen LogP contribution < -0.4 is 10.3 Å². The molecule has 0 saturated heterocycles. The highest BCUT2D eigenvalue weighted by Crippen LogP contribution is 2.02. The molecule has 0 atom stereocenters. The SMILES string of the molecule is CCCCN(C)C(=O)Cn1cccc(OCC)c1=O. The standard InChI is InChI=1S/C14H22N2O3/c1-4-6-9-15(3)13(17)11-16-10-7-8-12(14(16)18)19-5-2/h7-8,10H,4-6,9,11H2,1-3H3. The van der Waals surface area contributed by atoms with E-state index in [4.69, 9.17) is 4.74 Å². The summed E-state index contributed by atoms with van der Waals surface area (Å²) in [5.41, 5.74) is -0.262. The van der Waals surface area contributed by atoms with Crippen LogP contribution in [0.5, 0.6) is 5.75 Å². The summed E-state index contributed by atoms with van der Waals surface area (Å²) >= 11 is 0. The normalized spacial score (nSPS) is 10.3. The molecule has 0 aliphatic carbocycles. The van der Waals surface area contributed by atoms with Crippen LogP contribution in [-0.4, -0.2) is 35.6 Å². The maximum atomic E-state index is 12.0. The van der Waals surface area contributed by atoms with Gasteiger partial charge in [-0.2, -0.15) is 0 Å². The van der Waals surface area contributed by atoms with Crippen LogP contribution in [-0.2, 0) is 11.3 Å². The average molecular weight is 266 g/mol. The number of likely N-dealkylation sites (N-methyl/N-ethyl adjacent to an activating group) is 1. The fourth-order valence-corrected chi connectivity index (χ4v) is 1.69. The van der Waals surface area contributed by atoms with Crippen molar-refractivity contribution in [3.05, 3.63) is 28.7 Å². The highest BCUT2D eigenvalue weighted by atomic mass is 16.5. The first kappa shape index (κ1) is 15.3. The number of hydrogen-bond acceptors (Lipinski definition) is 3. The summed E-state index contributed by atoms with van der Waals surface area (Å²) in [5, 5.41) is 0. The lowest BCUT2D eigenvalue weighted by atomic mass is 10.3. The van der Waals surface area contributed by atoms with E-state index in [2.05, 4.69) is 6.92 Å². The molecule has 0 aliphatic heterocycles. The van der Waals surface area contributed by atoms with E-state index in [-0.39, 0.29) is 23.8 Å². The Hall–Kier alpha value is -1.78. The molecule has 0 unspecified atom stereocenters. The number of nitrogens with zero attached hydrogens (tertiary/aromatic N) is 2. The Kier molecular flexibility index (Phi) is 6.12. The molecule has 0 N–H and O–H groups in total. The maximum absolute atomic E-state index is 12.0. The predicted molar refractivity (Wildman–Crippen MR) is 74.4 cm³/mol. The lowest BCUT2D eigenvalue weighted by Gasteiger charge is -2.17. The summed E-state index contributed by atoms with van der Waals surface area (Å²) < 4.78 is 6.61. The summed E-state index contributed by atoms with van der Waals surface area (Å²) in [5.74, 6) is 0.221. The zero-order valence-corrected chi connectivity index (χ0v) is 11.9. The van der Waals surface area contributed by atoms with E-state index in [9.17, 15) is 9.59 Å². The fraction of sp³-hybridized carbons (Fsp3) is 0.571. The van der Waals surface area contributed by atoms with Crippen LogP contribution in [0.2, 0.25) is 0 Å². The molecule has 5 heteroatoms. The van der Waals surface area contributed by atoms with Crippen molar-refractivity contribution in [1.82, 2.24) is 9.47 Å². The quantitative estimate of drug-likeness (QED) is 0.751. The number of ether oxygens (including phenoxy) is 1. The minimum absolute atomic E-state index is 0.0555. The molecule has 0 fully saturated rings. The Balaban J connectivity index is 2.74. The van der Waals surface area contributed by atoms with Crippen LogP contribution in [0.3, 0.4) is 0 Å². The number of pyridine rings is 1. The predicted octanol–water partition coefficient (Wildman–Crippen LogP) is 1.51. The van der Waals surface area contributed by atoms with Crippen molar-refractivity contribution < 1.29 is 9.53 Å². The van der Waals surface area contributed by atoms with Gasteiger partial charge in [-0.15, -0.1) is 0 Å². The minimum atomic E-state index is -0.262. The van der Waals surface area contributed by atoms with Crippen molar-refractivity contribution in [2.75, 3.05) is 20.2 Å². The Labute approximate surface area is 113 Å². The van der Waals surface area contributed by atoms with Crippen molar-refractivity contribution in [2.24, 2.45) is 0 Å². The molecule has 0 spiro atoms. The van der Waals surface area contributed by atoms with E-state index < -0.39 is 0 Å². The van der Waals surface area contributed by atoms with Gasteiger partial charge in [-0.1, -0.05) is 13.3 Å². The van der Waals surface area contributed by atoms with Crippen molar-refractivity contribution in [1.29, 1.82) is 0 Å². The topological polar surface area (TPSA) is 51.5 Å². The first-order chi connectivity index (χ1) is 9.10. The van der Waals surface area contributed by atoms with E-state index in [1.54, 1.807) is 30.3 Å². The number of hydrogen-bond donors (Lipinski definition) is 0. The second-order valence-corrected chi connectivity index (χ2v) is 4.41. The van der Waals surface area contributed by atoms with Crippen LogP contribution in [0.1, 0.15) is 26.7 Å². The Morgan fingerprint density at radius 3 is 2.79 bits per heavy atom. The van der Waals surface area contributed by atoms with Crippen LogP contribution in [0.4, 0.5) is 0 Å². The molecular formula is C14H22N2O3. The van der Waals surface area contributed by atoms with E-state index in [0.29, 0.717) is 6.61 Å². The Bertz CT molecular complexity index is 468. The van der Waals surface area contributed by atoms with Crippen LogP contribution in [0, 0.1) is 0 Å². The minimum Gasteiger partial charge on any atom is -0.488 e. The van der Waals surface area contributed by atoms with Crippen LogP contribution in [0.25, 0.3) is 0 Å². The largest absolute Gasteiger partial charge is 0.488 e. The third kappa shape index (κ3) is 4.43. The summed E-state index contributed by atoms with van der Waals surface area (Å²) in [6, 6.07) is 3.33. The first-order valence-corrected chi connectivity index (χ1v) is 6.66. The molecule has 1 heterocycles. The van der Waals surface area contributed by atoms with Crippen molar-refractivity contribution in [2.45, 2.75) is 33.2 Å². The average Bonchev–Trinajstić information content (AvgIpc) is 2.40. The molecule has 0 aliphatic rings. The Morgan fingerprint density at radius 2 is 2.16 bits per heavy atom. The van der Waals surface area contributed by atoms with Crippen LogP contribution in [0.15, 0.2) is 23.1 Å². The van der Waals surface area contributed by atoms with Gasteiger partial charge in [0.2, 0.25) is 5.91 Å². The van der Waals surface area contributed by atoms with Gasteiger partial charge in [0, 0.05) is 19.8 Å². The van der Waals surface area contributed by atoms with Gasteiger partial charge in [0.15, 0.2) is 5.75 Å². The monoisotopic (exact) mass is 266 g/mol. The number of rotatable bonds is 7. The molecule has 1 aromatic rings. The van der Waals surface area contributed by atoms with Gasteiger partial charge in [0.1, 0.15) is 6.54 Å². The highest BCUT2D eigenvalue weighted by Gasteiger charge is 2.11. The zero-order chi connectivity index (χ0) is 14.3. The molecule has 1 aromatic heterocycles. The Morgan fingerprint density at radius 1 is 1.42 bits per heavy atom. The molecule has 1 amide bonds. The first-order valence-electron chi connectivity index (χ1n) is 6.66. The molecule has 0 radical (unpaired) electrons. The van der Waals surface area contributed by atoms with Gasteiger partial charge >= 0.3 is 0 Å². The van der Waals surface area contributed by atoms with Crippen molar-refractivity contribution in [3.8, 4) is 5.75 Å². The maximum Gasteiger partial charge on any atom is 0.293 e. The number of carbonyl (C=O) groups is 1. The number of aromatic nitrogens is 1. The molecule has 0 aromatic carbocycles. The second kappa shape index (κ2) is 7.61. The lowest BCUT2D eigenvalue weighted by molar-refractivity contribution is -0.130. The molecule has 19 heavy (non-hydrogen) atoms. The second-order valence-electron chi connectivity index (χ2n) is 4.41. The third-order valence-electron chi connectivity index (χ3n) is 2.86. The summed E-state index contributed by atoms with van der Waals surface area (Å²) in [7, 11) is 1.76. The molecule has 5 nitrogen and oxygen atoms in total. The van der Waals surface area contributed by atoms with Gasteiger partial charge in [0.25, 0.3) is 5.56 Å². The lowest BCUT2D eigenvalue weighted by Crippen LogP contribution is -2.34. The molecule has 106 valence electrons. The van der Waals surface area contributed by atoms with Gasteiger partial charge in [-0.05, 0) is 25.5 Å². The van der Waals surface area contributed by atoms with E-state index in [1.807, 2.05) is 6.92 Å². The van der Waals surface area contributed by atoms with Crippen LogP contribution >= 0.6 is 0 Å². The van der Waals surface area contributed by atoms with E-state index >= 15 is 0 Å². The van der Waals surface area contributed by atoms with Gasteiger partial charge < -0.3 is 14.2 Å². The smallest absolute Gasteiger partial charge is 0.293 e. The molecule has 0 bridgehead atoms. The number of unbranched alkanes of at least 4 members (excludes halogenated alkanes) is 1. The highest BCUT2D eigenvalue weighted by molar-refractivity contribution is 5.75. The zero-order valence-electron chi connectivity index (χ0n) is 11.9. The number of amides is 1. The molecule has 0 saturated carbocycles. The summed E-state index contributed by atoms with van der Waals surface area (Å²) in [6.07, 6.45) is 3.62. The molecular weight excluding hydrogens is 244 g/mol. The third-order valence-corrected chi connectivity index (χ3v) is 2.86. The molecule has 1 rings (SSSR count). The number of carbonyl (C=O) groups excluding carboxylic acids is 1. The van der Waals surface area contributed by atoms with E-state index in [0.717, 1.165) is 19.4 Å². The summed E-state index contributed by atoms with van der Waals surface area (Å²) in [6.45, 7) is 5.10. The summed E-state index contributed by atoms with van der Waals surface area (Å²) in [4.78, 5) is 25.6. The van der Waals surface area contributed by atoms with Gasteiger partial charge in [-0.3, -0.25) is 9.59 Å². The van der Waals surface area contributed by atoms with Gasteiger partial charge in [-0.25, -0.2) is 0 Å². The van der Waals surface area contributed by atoms with Crippen molar-refractivity contribution in [3.63, 3.8) is 0 Å².